The molecule has 2 aliphatic heterocycles. The predicted octanol–water partition coefficient (Wildman–Crippen LogP) is 3.97. The third kappa shape index (κ3) is 3.89. The van der Waals surface area contributed by atoms with Crippen molar-refractivity contribution >= 4 is 6.29 Å². The molecule has 3 heteroatoms. The van der Waals surface area contributed by atoms with E-state index < -0.39 is 0 Å². The lowest BCUT2D eigenvalue weighted by molar-refractivity contribution is -0.113. The van der Waals surface area contributed by atoms with Crippen molar-refractivity contribution in [1.82, 2.24) is 9.80 Å². The quantitative estimate of drug-likeness (QED) is 0.764. The molecule has 2 heterocycles. The highest BCUT2D eigenvalue weighted by molar-refractivity contribution is 5.62. The van der Waals surface area contributed by atoms with Crippen LogP contribution in [0.15, 0.2) is 48.5 Å². The van der Waals surface area contributed by atoms with Gasteiger partial charge in [0.05, 0.1) is 6.04 Å². The molecule has 2 aromatic rings. The van der Waals surface area contributed by atoms with Gasteiger partial charge in [0, 0.05) is 19.6 Å². The summed E-state index contributed by atoms with van der Waals surface area (Å²) in [5.41, 5.74) is 5.39. The van der Waals surface area contributed by atoms with Crippen LogP contribution in [-0.2, 0) is 24.3 Å². The summed E-state index contributed by atoms with van der Waals surface area (Å²) in [6, 6.07) is 17.4. The smallest absolute Gasteiger partial charge is 0.141 e. The standard InChI is InChI=1S/C23H28N2O/c26-18-23(25-12-5-2-6-13-25)21-9-10-22-17-24(14-11-20(22)15-21)16-19-7-3-1-4-8-19/h1,3-4,7-10,15,18,23H,2,5-6,11-14,16-17H2. The van der Waals surface area contributed by atoms with Crippen LogP contribution < -0.4 is 0 Å². The van der Waals surface area contributed by atoms with Crippen LogP contribution in [0.5, 0.6) is 0 Å². The zero-order valence-corrected chi connectivity index (χ0v) is 15.4. The number of nitrogens with zero attached hydrogens (tertiary/aromatic N) is 2. The molecule has 4 rings (SSSR count). The van der Waals surface area contributed by atoms with E-state index in [1.165, 1.54) is 41.5 Å². The molecule has 0 bridgehead atoms. The Hall–Kier alpha value is -1.97. The van der Waals surface area contributed by atoms with Crippen LogP contribution in [0.1, 0.15) is 47.6 Å². The number of hydrogen-bond donors (Lipinski definition) is 0. The van der Waals surface area contributed by atoms with Gasteiger partial charge in [-0.25, -0.2) is 0 Å². The summed E-state index contributed by atoms with van der Waals surface area (Å²) in [6.07, 6.45) is 5.93. The summed E-state index contributed by atoms with van der Waals surface area (Å²) >= 11 is 0. The van der Waals surface area contributed by atoms with E-state index >= 15 is 0 Å². The minimum atomic E-state index is -0.0667. The number of piperidine rings is 1. The number of rotatable bonds is 5. The zero-order chi connectivity index (χ0) is 17.8. The third-order valence-electron chi connectivity index (χ3n) is 5.83. The first kappa shape index (κ1) is 17.4. The van der Waals surface area contributed by atoms with Crippen molar-refractivity contribution in [2.45, 2.75) is 44.8 Å². The van der Waals surface area contributed by atoms with Gasteiger partial charge in [0.25, 0.3) is 0 Å². The second-order valence-corrected chi connectivity index (χ2v) is 7.65. The van der Waals surface area contributed by atoms with Gasteiger partial charge in [-0.1, -0.05) is 55.0 Å². The summed E-state index contributed by atoms with van der Waals surface area (Å²) in [6.45, 7) is 5.18. The number of likely N-dealkylation sites (tertiary alicyclic amines) is 1. The highest BCUT2D eigenvalue weighted by atomic mass is 16.1. The van der Waals surface area contributed by atoms with Crippen molar-refractivity contribution in [2.24, 2.45) is 0 Å². The highest BCUT2D eigenvalue weighted by Crippen LogP contribution is 2.28. The molecule has 0 aliphatic carbocycles. The van der Waals surface area contributed by atoms with Crippen LogP contribution in [0.4, 0.5) is 0 Å². The molecule has 1 fully saturated rings. The fraction of sp³-hybridized carbons (Fsp3) is 0.435. The Kier molecular flexibility index (Phi) is 5.47. The lowest BCUT2D eigenvalue weighted by Gasteiger charge is -2.33. The molecule has 0 radical (unpaired) electrons. The van der Waals surface area contributed by atoms with E-state index in [9.17, 15) is 4.79 Å². The van der Waals surface area contributed by atoms with Crippen LogP contribution in [0.25, 0.3) is 0 Å². The van der Waals surface area contributed by atoms with Crippen LogP contribution in [0.2, 0.25) is 0 Å². The van der Waals surface area contributed by atoms with E-state index in [0.717, 1.165) is 45.4 Å². The van der Waals surface area contributed by atoms with E-state index in [1.54, 1.807) is 0 Å². The molecular formula is C23H28N2O. The summed E-state index contributed by atoms with van der Waals surface area (Å²) in [5.74, 6) is 0. The van der Waals surface area contributed by atoms with E-state index in [4.69, 9.17) is 0 Å². The molecule has 136 valence electrons. The zero-order valence-electron chi connectivity index (χ0n) is 15.4. The van der Waals surface area contributed by atoms with Crippen LogP contribution in [0.3, 0.4) is 0 Å². The molecule has 0 aromatic heterocycles. The van der Waals surface area contributed by atoms with Gasteiger partial charge in [-0.05, 0) is 54.6 Å². The van der Waals surface area contributed by atoms with Crippen molar-refractivity contribution in [1.29, 1.82) is 0 Å². The van der Waals surface area contributed by atoms with E-state index in [1.807, 2.05) is 0 Å². The first-order chi connectivity index (χ1) is 12.8. The molecule has 0 spiro atoms. The molecule has 26 heavy (non-hydrogen) atoms. The maximum atomic E-state index is 11.8. The average molecular weight is 348 g/mol. The average Bonchev–Trinajstić information content (AvgIpc) is 2.70. The van der Waals surface area contributed by atoms with Crippen molar-refractivity contribution in [2.75, 3.05) is 19.6 Å². The lowest BCUT2D eigenvalue weighted by atomic mass is 9.93. The second kappa shape index (κ2) is 8.15. The Labute approximate surface area is 156 Å². The molecule has 2 aromatic carbocycles. The van der Waals surface area contributed by atoms with E-state index in [2.05, 4.69) is 58.3 Å². The molecule has 0 N–H and O–H groups in total. The third-order valence-corrected chi connectivity index (χ3v) is 5.83. The molecule has 1 atom stereocenters. The minimum Gasteiger partial charge on any atom is -0.301 e. The fourth-order valence-corrected chi connectivity index (χ4v) is 4.36. The summed E-state index contributed by atoms with van der Waals surface area (Å²) < 4.78 is 0. The van der Waals surface area contributed by atoms with Crippen molar-refractivity contribution in [3.8, 4) is 0 Å². The van der Waals surface area contributed by atoms with Crippen molar-refractivity contribution in [3.63, 3.8) is 0 Å². The van der Waals surface area contributed by atoms with E-state index in [-0.39, 0.29) is 6.04 Å². The van der Waals surface area contributed by atoms with Gasteiger partial charge in [-0.15, -0.1) is 0 Å². The normalized spacial score (nSPS) is 19.7. The monoisotopic (exact) mass is 348 g/mol. The van der Waals surface area contributed by atoms with Crippen LogP contribution in [0, 0.1) is 0 Å². The second-order valence-electron chi connectivity index (χ2n) is 7.65. The van der Waals surface area contributed by atoms with Gasteiger partial charge in [-0.3, -0.25) is 9.80 Å². The number of carbonyl (C=O) groups excluding carboxylic acids is 1. The number of carbonyl (C=O) groups is 1. The first-order valence-electron chi connectivity index (χ1n) is 9.91. The van der Waals surface area contributed by atoms with Crippen LogP contribution in [-0.4, -0.2) is 35.7 Å². The summed E-state index contributed by atoms with van der Waals surface area (Å²) in [4.78, 5) is 16.6. The Morgan fingerprint density at radius 2 is 1.73 bits per heavy atom. The molecular weight excluding hydrogens is 320 g/mol. The minimum absolute atomic E-state index is 0.0667. The Morgan fingerprint density at radius 1 is 0.923 bits per heavy atom. The SMILES string of the molecule is O=CC(c1ccc2c(c1)CCN(Cc1ccccc1)C2)N1CCCCC1. The maximum absolute atomic E-state index is 11.8. The molecule has 2 aliphatic rings. The van der Waals surface area contributed by atoms with Crippen molar-refractivity contribution < 1.29 is 4.79 Å². The summed E-state index contributed by atoms with van der Waals surface area (Å²) in [5, 5.41) is 0. The topological polar surface area (TPSA) is 23.6 Å². The van der Waals surface area contributed by atoms with Gasteiger partial charge in [0.1, 0.15) is 6.29 Å². The number of hydrogen-bond acceptors (Lipinski definition) is 3. The molecule has 1 saturated heterocycles. The fourth-order valence-electron chi connectivity index (χ4n) is 4.36. The lowest BCUT2D eigenvalue weighted by Crippen LogP contribution is -2.35. The maximum Gasteiger partial charge on any atom is 0.141 e. The van der Waals surface area contributed by atoms with Gasteiger partial charge >= 0.3 is 0 Å². The predicted molar refractivity (Wildman–Crippen MR) is 105 cm³/mol. The van der Waals surface area contributed by atoms with Gasteiger partial charge in [0.15, 0.2) is 0 Å². The summed E-state index contributed by atoms with van der Waals surface area (Å²) in [7, 11) is 0. The number of fused-ring (bicyclic) bond motifs is 1. The van der Waals surface area contributed by atoms with E-state index in [0.29, 0.717) is 0 Å². The molecule has 3 nitrogen and oxygen atoms in total. The number of benzene rings is 2. The molecule has 0 amide bonds. The Morgan fingerprint density at radius 3 is 2.50 bits per heavy atom. The largest absolute Gasteiger partial charge is 0.301 e. The van der Waals surface area contributed by atoms with Gasteiger partial charge < -0.3 is 4.79 Å². The Balaban J connectivity index is 1.47. The highest BCUT2D eigenvalue weighted by Gasteiger charge is 2.24. The molecule has 1 unspecified atom stereocenters. The Bertz CT molecular complexity index is 737. The first-order valence-corrected chi connectivity index (χ1v) is 9.91. The van der Waals surface area contributed by atoms with Crippen LogP contribution >= 0.6 is 0 Å². The molecule has 0 saturated carbocycles. The van der Waals surface area contributed by atoms with Gasteiger partial charge in [-0.2, -0.15) is 0 Å². The van der Waals surface area contributed by atoms with Crippen molar-refractivity contribution in [3.05, 3.63) is 70.8 Å². The number of aldehydes is 1. The van der Waals surface area contributed by atoms with Gasteiger partial charge in [0.2, 0.25) is 0 Å².